The maximum absolute atomic E-state index is 5.28. The SMILES string of the molecule is CCc1ccc(-n2nc3ccc(OC)cc3n2)c(Nc2ccccc2)c1. The normalized spacial score (nSPS) is 10.8. The molecular weight excluding hydrogens is 324 g/mol. The van der Waals surface area contributed by atoms with Gasteiger partial charge in [0.25, 0.3) is 0 Å². The number of anilines is 2. The summed E-state index contributed by atoms with van der Waals surface area (Å²) in [4.78, 5) is 1.68. The van der Waals surface area contributed by atoms with Gasteiger partial charge < -0.3 is 10.1 Å². The Labute approximate surface area is 152 Å². The highest BCUT2D eigenvalue weighted by Gasteiger charge is 2.11. The number of nitrogens with zero attached hydrogens (tertiary/aromatic N) is 3. The molecule has 0 saturated heterocycles. The minimum absolute atomic E-state index is 0.772. The van der Waals surface area contributed by atoms with E-state index in [4.69, 9.17) is 4.74 Å². The van der Waals surface area contributed by atoms with E-state index >= 15 is 0 Å². The Morgan fingerprint density at radius 3 is 2.50 bits per heavy atom. The number of aryl methyl sites for hydroxylation is 1. The molecule has 0 bridgehead atoms. The van der Waals surface area contributed by atoms with Crippen molar-refractivity contribution >= 4 is 22.4 Å². The van der Waals surface area contributed by atoms with Gasteiger partial charge in [-0.15, -0.1) is 15.0 Å². The standard InChI is InChI=1S/C21H20N4O/c1-3-15-9-12-21(20(13-15)22-16-7-5-4-6-8-16)25-23-18-11-10-17(26-2)14-19(18)24-25/h4-14,22H,3H2,1-2H3. The van der Waals surface area contributed by atoms with Crippen LogP contribution in [0.15, 0.2) is 66.7 Å². The smallest absolute Gasteiger partial charge is 0.121 e. The van der Waals surface area contributed by atoms with E-state index in [9.17, 15) is 0 Å². The second-order valence-corrected chi connectivity index (χ2v) is 6.04. The topological polar surface area (TPSA) is 52.0 Å². The zero-order valence-electron chi connectivity index (χ0n) is 14.8. The maximum atomic E-state index is 5.28. The first-order valence-corrected chi connectivity index (χ1v) is 8.63. The summed E-state index contributed by atoms with van der Waals surface area (Å²) in [7, 11) is 1.65. The number of rotatable bonds is 5. The second kappa shape index (κ2) is 6.88. The molecule has 26 heavy (non-hydrogen) atoms. The Morgan fingerprint density at radius 1 is 0.923 bits per heavy atom. The van der Waals surface area contributed by atoms with Gasteiger partial charge in [0, 0.05) is 11.8 Å². The van der Waals surface area contributed by atoms with Gasteiger partial charge in [-0.05, 0) is 48.4 Å². The van der Waals surface area contributed by atoms with Crippen LogP contribution in [0, 0.1) is 0 Å². The van der Waals surface area contributed by atoms with Crippen LogP contribution >= 0.6 is 0 Å². The molecule has 4 aromatic rings. The van der Waals surface area contributed by atoms with Crippen molar-refractivity contribution in [3.05, 3.63) is 72.3 Å². The molecule has 0 radical (unpaired) electrons. The first-order chi connectivity index (χ1) is 12.8. The molecule has 0 amide bonds. The fourth-order valence-corrected chi connectivity index (χ4v) is 2.88. The third-order valence-electron chi connectivity index (χ3n) is 4.32. The molecule has 0 atom stereocenters. The molecule has 4 rings (SSSR count). The van der Waals surface area contributed by atoms with E-state index in [1.807, 2.05) is 48.5 Å². The van der Waals surface area contributed by atoms with E-state index in [1.165, 1.54) is 5.56 Å². The number of hydrogen-bond donors (Lipinski definition) is 1. The van der Waals surface area contributed by atoms with E-state index < -0.39 is 0 Å². The van der Waals surface area contributed by atoms with Crippen molar-refractivity contribution in [2.24, 2.45) is 0 Å². The molecule has 1 N–H and O–H groups in total. The average Bonchev–Trinajstić information content (AvgIpc) is 3.11. The molecule has 0 aliphatic heterocycles. The summed E-state index contributed by atoms with van der Waals surface area (Å²) >= 11 is 0. The third-order valence-corrected chi connectivity index (χ3v) is 4.32. The highest BCUT2D eigenvalue weighted by molar-refractivity contribution is 5.77. The van der Waals surface area contributed by atoms with Crippen LogP contribution in [0.2, 0.25) is 0 Å². The summed E-state index contributed by atoms with van der Waals surface area (Å²) in [6.07, 6.45) is 0.968. The van der Waals surface area contributed by atoms with Gasteiger partial charge in [-0.3, -0.25) is 0 Å². The summed E-state index contributed by atoms with van der Waals surface area (Å²) in [6, 6.07) is 22.1. The quantitative estimate of drug-likeness (QED) is 0.568. The molecule has 130 valence electrons. The number of para-hydroxylation sites is 1. The van der Waals surface area contributed by atoms with E-state index in [1.54, 1.807) is 11.9 Å². The van der Waals surface area contributed by atoms with E-state index in [-0.39, 0.29) is 0 Å². The summed E-state index contributed by atoms with van der Waals surface area (Å²) in [5, 5.41) is 12.7. The van der Waals surface area contributed by atoms with Gasteiger partial charge in [-0.25, -0.2) is 0 Å². The molecule has 0 aliphatic carbocycles. The third kappa shape index (κ3) is 3.11. The van der Waals surface area contributed by atoms with Crippen molar-refractivity contribution in [3.63, 3.8) is 0 Å². The summed E-state index contributed by atoms with van der Waals surface area (Å²) in [6.45, 7) is 2.15. The number of aromatic nitrogens is 3. The van der Waals surface area contributed by atoms with Crippen molar-refractivity contribution in [1.82, 2.24) is 15.0 Å². The van der Waals surface area contributed by atoms with Crippen LogP contribution in [-0.2, 0) is 6.42 Å². The number of ether oxygens (including phenoxy) is 1. The van der Waals surface area contributed by atoms with Gasteiger partial charge in [0.1, 0.15) is 22.5 Å². The molecule has 5 nitrogen and oxygen atoms in total. The van der Waals surface area contributed by atoms with Crippen LogP contribution in [0.3, 0.4) is 0 Å². The molecule has 0 saturated carbocycles. The second-order valence-electron chi connectivity index (χ2n) is 6.04. The molecular formula is C21H20N4O. The predicted octanol–water partition coefficient (Wildman–Crippen LogP) is 4.74. The average molecular weight is 344 g/mol. The Morgan fingerprint density at radius 2 is 1.73 bits per heavy atom. The molecule has 0 unspecified atom stereocenters. The lowest BCUT2D eigenvalue weighted by atomic mass is 10.1. The summed E-state index contributed by atoms with van der Waals surface area (Å²) < 4.78 is 5.28. The van der Waals surface area contributed by atoms with Crippen molar-refractivity contribution in [3.8, 4) is 11.4 Å². The van der Waals surface area contributed by atoms with Crippen LogP contribution in [0.4, 0.5) is 11.4 Å². The van der Waals surface area contributed by atoms with Gasteiger partial charge in [0.05, 0.1) is 12.8 Å². The largest absolute Gasteiger partial charge is 0.497 e. The van der Waals surface area contributed by atoms with Crippen LogP contribution in [0.25, 0.3) is 16.7 Å². The maximum Gasteiger partial charge on any atom is 0.121 e. The fourth-order valence-electron chi connectivity index (χ4n) is 2.88. The van der Waals surface area contributed by atoms with Crippen molar-refractivity contribution in [2.75, 3.05) is 12.4 Å². The molecule has 0 aliphatic rings. The summed E-state index contributed by atoms with van der Waals surface area (Å²) in [5.41, 5.74) is 5.79. The molecule has 5 heteroatoms. The first kappa shape index (κ1) is 16.1. The minimum atomic E-state index is 0.772. The number of hydrogen-bond acceptors (Lipinski definition) is 4. The summed E-state index contributed by atoms with van der Waals surface area (Å²) in [5.74, 6) is 0.772. The number of nitrogens with one attached hydrogen (secondary N) is 1. The zero-order chi connectivity index (χ0) is 17.9. The lowest BCUT2D eigenvalue weighted by Gasteiger charge is -2.13. The van der Waals surface area contributed by atoms with Gasteiger partial charge in [-0.2, -0.15) is 0 Å². The Bertz CT molecular complexity index is 1040. The van der Waals surface area contributed by atoms with Gasteiger partial charge in [-0.1, -0.05) is 31.2 Å². The molecule has 3 aromatic carbocycles. The fraction of sp³-hybridized carbons (Fsp3) is 0.143. The number of methoxy groups -OCH3 is 1. The number of benzene rings is 3. The van der Waals surface area contributed by atoms with E-state index in [0.29, 0.717) is 0 Å². The van der Waals surface area contributed by atoms with Gasteiger partial charge >= 0.3 is 0 Å². The van der Waals surface area contributed by atoms with Crippen molar-refractivity contribution in [2.45, 2.75) is 13.3 Å². The molecule has 0 fully saturated rings. The van der Waals surface area contributed by atoms with Crippen LogP contribution < -0.4 is 10.1 Å². The molecule has 1 aromatic heterocycles. The van der Waals surface area contributed by atoms with Crippen molar-refractivity contribution in [1.29, 1.82) is 0 Å². The molecule has 1 heterocycles. The van der Waals surface area contributed by atoms with Gasteiger partial charge in [0.2, 0.25) is 0 Å². The van der Waals surface area contributed by atoms with Gasteiger partial charge in [0.15, 0.2) is 0 Å². The van der Waals surface area contributed by atoms with Crippen LogP contribution in [-0.4, -0.2) is 22.1 Å². The monoisotopic (exact) mass is 344 g/mol. The highest BCUT2D eigenvalue weighted by Crippen LogP contribution is 2.27. The Balaban J connectivity index is 1.80. The lowest BCUT2D eigenvalue weighted by Crippen LogP contribution is -2.04. The number of fused-ring (bicyclic) bond motifs is 1. The predicted molar refractivity (Wildman–Crippen MR) is 105 cm³/mol. The molecule has 0 spiro atoms. The first-order valence-electron chi connectivity index (χ1n) is 8.63. The minimum Gasteiger partial charge on any atom is -0.497 e. The Hall–Kier alpha value is -3.34. The lowest BCUT2D eigenvalue weighted by molar-refractivity contribution is 0.415. The Kier molecular flexibility index (Phi) is 4.27. The van der Waals surface area contributed by atoms with Crippen LogP contribution in [0.1, 0.15) is 12.5 Å². The van der Waals surface area contributed by atoms with E-state index in [2.05, 4.69) is 40.6 Å². The van der Waals surface area contributed by atoms with Crippen LogP contribution in [0.5, 0.6) is 5.75 Å². The highest BCUT2D eigenvalue weighted by atomic mass is 16.5. The van der Waals surface area contributed by atoms with E-state index in [0.717, 1.165) is 40.3 Å². The zero-order valence-corrected chi connectivity index (χ0v) is 14.8. The van der Waals surface area contributed by atoms with Crippen molar-refractivity contribution < 1.29 is 4.74 Å².